The summed E-state index contributed by atoms with van der Waals surface area (Å²) in [5, 5.41) is 3.47. The van der Waals surface area contributed by atoms with E-state index >= 15 is 0 Å². The second-order valence-corrected chi connectivity index (χ2v) is 6.61. The van der Waals surface area contributed by atoms with Gasteiger partial charge in [-0.05, 0) is 49.9 Å². The number of nitrogens with zero attached hydrogens (tertiary/aromatic N) is 1. The van der Waals surface area contributed by atoms with E-state index in [9.17, 15) is 4.79 Å². The summed E-state index contributed by atoms with van der Waals surface area (Å²) in [4.78, 5) is 14.7. The number of ether oxygens (including phenoxy) is 1. The molecular formula is C18H27ClN2O2. The Labute approximate surface area is 145 Å². The lowest BCUT2D eigenvalue weighted by Gasteiger charge is -2.24. The number of nitrogens with one attached hydrogen (secondary N) is 1. The molecule has 1 aromatic rings. The number of halogens is 1. The van der Waals surface area contributed by atoms with Crippen LogP contribution in [0.2, 0.25) is 0 Å². The molecule has 0 spiro atoms. The average molecular weight is 339 g/mol. The van der Waals surface area contributed by atoms with Crippen LogP contribution in [0.3, 0.4) is 0 Å². The molecule has 0 aliphatic carbocycles. The maximum absolute atomic E-state index is 12.6. The zero-order chi connectivity index (χ0) is 15.4. The predicted octanol–water partition coefficient (Wildman–Crippen LogP) is 2.58. The monoisotopic (exact) mass is 338 g/mol. The Kier molecular flexibility index (Phi) is 6.72. The third kappa shape index (κ3) is 4.61. The Bertz CT molecular complexity index is 483. The summed E-state index contributed by atoms with van der Waals surface area (Å²) in [7, 11) is 0. The fourth-order valence-electron chi connectivity index (χ4n) is 3.56. The molecule has 3 atom stereocenters. The number of carbonyl (C=O) groups excluding carboxylic acids is 1. The molecule has 2 aliphatic heterocycles. The SMILES string of the molecule is CC(COc1ccccc1)C(=O)N1CC[C@@H]2CNC[C@@H]2CC1.Cl. The second-order valence-electron chi connectivity index (χ2n) is 6.61. The van der Waals surface area contributed by atoms with E-state index in [4.69, 9.17) is 4.74 Å². The number of likely N-dealkylation sites (tertiary alicyclic amines) is 1. The number of para-hydroxylation sites is 1. The maximum Gasteiger partial charge on any atom is 0.228 e. The third-order valence-electron chi connectivity index (χ3n) is 5.00. The van der Waals surface area contributed by atoms with Crippen molar-refractivity contribution in [2.24, 2.45) is 17.8 Å². The minimum Gasteiger partial charge on any atom is -0.493 e. The first-order valence-corrected chi connectivity index (χ1v) is 8.41. The van der Waals surface area contributed by atoms with E-state index in [1.807, 2.05) is 37.3 Å². The maximum atomic E-state index is 12.6. The molecular weight excluding hydrogens is 312 g/mol. The first-order valence-electron chi connectivity index (χ1n) is 8.41. The summed E-state index contributed by atoms with van der Waals surface area (Å²) in [5.74, 6) is 2.50. The van der Waals surface area contributed by atoms with Crippen molar-refractivity contribution in [3.8, 4) is 5.75 Å². The smallest absolute Gasteiger partial charge is 0.228 e. The van der Waals surface area contributed by atoms with E-state index in [1.165, 1.54) is 0 Å². The summed E-state index contributed by atoms with van der Waals surface area (Å²) < 4.78 is 5.73. The van der Waals surface area contributed by atoms with Crippen molar-refractivity contribution in [2.75, 3.05) is 32.8 Å². The second kappa shape index (κ2) is 8.55. The van der Waals surface area contributed by atoms with Gasteiger partial charge in [-0.2, -0.15) is 0 Å². The molecule has 0 bridgehead atoms. The predicted molar refractivity (Wildman–Crippen MR) is 94.0 cm³/mol. The van der Waals surface area contributed by atoms with Crippen molar-refractivity contribution in [3.05, 3.63) is 30.3 Å². The molecule has 128 valence electrons. The van der Waals surface area contributed by atoms with Crippen LogP contribution in [-0.4, -0.2) is 43.6 Å². The van der Waals surface area contributed by atoms with Gasteiger partial charge in [0.1, 0.15) is 5.75 Å². The molecule has 0 saturated carbocycles. The molecule has 1 amide bonds. The highest BCUT2D eigenvalue weighted by atomic mass is 35.5. The summed E-state index contributed by atoms with van der Waals surface area (Å²) in [6, 6.07) is 9.71. The highest BCUT2D eigenvalue weighted by Gasteiger charge is 2.32. The van der Waals surface area contributed by atoms with Crippen LogP contribution in [-0.2, 0) is 4.79 Å². The average Bonchev–Trinajstić information content (AvgIpc) is 2.91. The minimum atomic E-state index is -0.0868. The molecule has 2 fully saturated rings. The Morgan fingerprint density at radius 2 is 1.83 bits per heavy atom. The number of rotatable bonds is 4. The van der Waals surface area contributed by atoms with Crippen LogP contribution in [0.4, 0.5) is 0 Å². The van der Waals surface area contributed by atoms with Crippen molar-refractivity contribution < 1.29 is 9.53 Å². The third-order valence-corrected chi connectivity index (χ3v) is 5.00. The largest absolute Gasteiger partial charge is 0.493 e. The summed E-state index contributed by atoms with van der Waals surface area (Å²) >= 11 is 0. The molecule has 2 saturated heterocycles. The van der Waals surface area contributed by atoms with Crippen molar-refractivity contribution in [1.29, 1.82) is 0 Å². The lowest BCUT2D eigenvalue weighted by Crippen LogP contribution is -2.38. The van der Waals surface area contributed by atoms with Crippen molar-refractivity contribution >= 4 is 18.3 Å². The molecule has 1 N–H and O–H groups in total. The molecule has 0 radical (unpaired) electrons. The number of fused-ring (bicyclic) bond motifs is 1. The Hall–Kier alpha value is -1.26. The fraction of sp³-hybridized carbons (Fsp3) is 0.611. The number of hydrogen-bond donors (Lipinski definition) is 1. The van der Waals surface area contributed by atoms with Gasteiger partial charge in [0.2, 0.25) is 5.91 Å². The van der Waals surface area contributed by atoms with E-state index in [0.29, 0.717) is 6.61 Å². The van der Waals surface area contributed by atoms with Crippen LogP contribution in [0, 0.1) is 17.8 Å². The van der Waals surface area contributed by atoms with Crippen LogP contribution in [0.25, 0.3) is 0 Å². The van der Waals surface area contributed by atoms with Crippen LogP contribution >= 0.6 is 12.4 Å². The van der Waals surface area contributed by atoms with Crippen molar-refractivity contribution in [1.82, 2.24) is 10.2 Å². The lowest BCUT2D eigenvalue weighted by atomic mass is 9.92. The van der Waals surface area contributed by atoms with Gasteiger partial charge in [0.15, 0.2) is 0 Å². The molecule has 3 rings (SSSR count). The summed E-state index contributed by atoms with van der Waals surface area (Å²) in [6.45, 7) is 6.47. The van der Waals surface area contributed by atoms with Gasteiger partial charge in [-0.15, -0.1) is 12.4 Å². The van der Waals surface area contributed by atoms with Gasteiger partial charge in [-0.1, -0.05) is 25.1 Å². The van der Waals surface area contributed by atoms with E-state index in [-0.39, 0.29) is 24.2 Å². The van der Waals surface area contributed by atoms with E-state index in [0.717, 1.165) is 56.6 Å². The molecule has 4 nitrogen and oxygen atoms in total. The number of hydrogen-bond acceptors (Lipinski definition) is 3. The van der Waals surface area contributed by atoms with Crippen LogP contribution in [0.5, 0.6) is 5.75 Å². The fourth-order valence-corrected chi connectivity index (χ4v) is 3.56. The van der Waals surface area contributed by atoms with E-state index in [2.05, 4.69) is 10.2 Å². The highest BCUT2D eigenvalue weighted by molar-refractivity contribution is 5.85. The minimum absolute atomic E-state index is 0. The molecule has 1 aromatic carbocycles. The number of benzene rings is 1. The van der Waals surface area contributed by atoms with Gasteiger partial charge < -0.3 is 15.0 Å². The number of carbonyl (C=O) groups is 1. The first kappa shape index (κ1) is 18.1. The van der Waals surface area contributed by atoms with Gasteiger partial charge in [-0.3, -0.25) is 4.79 Å². The lowest BCUT2D eigenvalue weighted by molar-refractivity contribution is -0.135. The van der Waals surface area contributed by atoms with Crippen molar-refractivity contribution in [3.63, 3.8) is 0 Å². The molecule has 0 aromatic heterocycles. The Balaban J connectivity index is 0.00000192. The zero-order valence-corrected chi connectivity index (χ0v) is 14.6. The first-order chi connectivity index (χ1) is 10.7. The zero-order valence-electron chi connectivity index (χ0n) is 13.7. The van der Waals surface area contributed by atoms with Crippen LogP contribution in [0.1, 0.15) is 19.8 Å². The summed E-state index contributed by atoms with van der Waals surface area (Å²) in [6.07, 6.45) is 2.27. The van der Waals surface area contributed by atoms with Crippen molar-refractivity contribution in [2.45, 2.75) is 19.8 Å². The molecule has 5 heteroatoms. The van der Waals surface area contributed by atoms with Gasteiger partial charge in [0, 0.05) is 13.1 Å². The molecule has 2 aliphatic rings. The molecule has 2 heterocycles. The van der Waals surface area contributed by atoms with Crippen LogP contribution < -0.4 is 10.1 Å². The van der Waals surface area contributed by atoms with Gasteiger partial charge >= 0.3 is 0 Å². The normalized spacial score (nSPS) is 25.0. The topological polar surface area (TPSA) is 41.6 Å². The van der Waals surface area contributed by atoms with Gasteiger partial charge in [0.25, 0.3) is 0 Å². The quantitative estimate of drug-likeness (QED) is 0.917. The van der Waals surface area contributed by atoms with Gasteiger partial charge in [-0.25, -0.2) is 0 Å². The van der Waals surface area contributed by atoms with E-state index in [1.54, 1.807) is 0 Å². The standard InChI is InChI=1S/C18H26N2O2.ClH/c1-14(13-22-17-5-3-2-4-6-17)18(21)20-9-7-15-11-19-12-16(15)8-10-20;/h2-6,14-16,19H,7-13H2,1H3;1H/t14?,15-,16+;. The highest BCUT2D eigenvalue weighted by Crippen LogP contribution is 2.27. The number of amides is 1. The molecule has 23 heavy (non-hydrogen) atoms. The van der Waals surface area contributed by atoms with Crippen LogP contribution in [0.15, 0.2) is 30.3 Å². The Morgan fingerprint density at radius 3 is 2.43 bits per heavy atom. The Morgan fingerprint density at radius 1 is 1.22 bits per heavy atom. The summed E-state index contributed by atoms with van der Waals surface area (Å²) in [5.41, 5.74) is 0. The molecule has 1 unspecified atom stereocenters. The van der Waals surface area contributed by atoms with Gasteiger partial charge in [0.05, 0.1) is 12.5 Å². The van der Waals surface area contributed by atoms with E-state index < -0.39 is 0 Å².